The van der Waals surface area contributed by atoms with Crippen LogP contribution in [-0.4, -0.2) is 81.9 Å². The normalized spacial score (nSPS) is 13.3. The molecule has 1 aliphatic rings. The van der Waals surface area contributed by atoms with Gasteiger partial charge in [0.05, 0.1) is 38.1 Å². The lowest BCUT2D eigenvalue weighted by Gasteiger charge is -2.33. The Kier molecular flexibility index (Phi) is 14.7. The van der Waals surface area contributed by atoms with Crippen LogP contribution in [0.4, 0.5) is 44.6 Å². The zero-order chi connectivity index (χ0) is 50.9. The number of halogens is 4. The standard InChI is InChI=1S/C50H54F4N8O7S/c1-28-38(50(52,53)54)35(25-36(56-28)60(26-30-14-18-32(65-9)19-15-30)27-31-16-20-33(66-10)21-17-31)40-39(51)41-37-43(59-45(58-41)70-11)61(23-24-67-44(37)57-40)29(2)34-13-12-22-55-42(34)62(46(63)68-48(3,4)5)47(64)69-49(6,7)8/h12-22,25,29H,23-24,26-27H2,1-11H3/t29-/m1/s1. The summed E-state index contributed by atoms with van der Waals surface area (Å²) in [4.78, 5) is 54.7. The first kappa shape index (κ1) is 50.9. The van der Waals surface area contributed by atoms with E-state index in [9.17, 15) is 9.59 Å². The minimum absolute atomic E-state index is 0.00909. The first-order chi connectivity index (χ1) is 33.0. The molecule has 0 unspecified atom stereocenters. The number of benzene rings is 2. The topological polar surface area (TPSA) is 154 Å². The molecule has 2 amide bonds. The minimum atomic E-state index is -5.00. The van der Waals surface area contributed by atoms with Crippen LogP contribution >= 0.6 is 11.8 Å². The monoisotopic (exact) mass is 986 g/mol. The van der Waals surface area contributed by atoms with Gasteiger partial charge >= 0.3 is 18.4 Å². The Morgan fingerprint density at radius 1 is 0.843 bits per heavy atom. The van der Waals surface area contributed by atoms with Crippen LogP contribution in [0.25, 0.3) is 22.2 Å². The predicted octanol–water partition coefficient (Wildman–Crippen LogP) is 11.5. The number of rotatable bonds is 12. The number of anilines is 3. The summed E-state index contributed by atoms with van der Waals surface area (Å²) in [5.41, 5.74) is -3.25. The molecule has 6 aromatic rings. The van der Waals surface area contributed by atoms with Crippen LogP contribution in [0.15, 0.2) is 78.1 Å². The molecule has 370 valence electrons. The number of alkyl halides is 3. The number of imide groups is 1. The summed E-state index contributed by atoms with van der Waals surface area (Å²) in [6, 6.07) is 18.2. The number of carbonyl (C=O) groups excluding carboxylic acids is 2. The lowest BCUT2D eigenvalue weighted by molar-refractivity contribution is -0.137. The number of aryl methyl sites for hydroxylation is 1. The lowest BCUT2D eigenvalue weighted by Crippen LogP contribution is -2.45. The van der Waals surface area contributed by atoms with E-state index in [1.807, 2.05) is 24.3 Å². The number of nitrogens with zero attached hydrogens (tertiary/aromatic N) is 8. The number of hydrogen-bond acceptors (Lipinski definition) is 15. The molecule has 0 radical (unpaired) electrons. The van der Waals surface area contributed by atoms with Crippen molar-refractivity contribution in [3.8, 4) is 28.6 Å². The zero-order valence-corrected chi connectivity index (χ0v) is 41.5. The van der Waals surface area contributed by atoms with Crippen molar-refractivity contribution in [1.29, 1.82) is 0 Å². The van der Waals surface area contributed by atoms with Crippen molar-refractivity contribution in [3.63, 3.8) is 0 Å². The van der Waals surface area contributed by atoms with Crippen molar-refractivity contribution in [3.05, 3.63) is 107 Å². The number of ether oxygens (including phenoxy) is 5. The number of pyridine rings is 3. The number of hydrogen-bond donors (Lipinski definition) is 0. The maximum absolute atomic E-state index is 17.7. The Bertz CT molecular complexity index is 2820. The molecule has 0 fully saturated rings. The van der Waals surface area contributed by atoms with Gasteiger partial charge in [-0.15, -0.1) is 0 Å². The predicted molar refractivity (Wildman–Crippen MR) is 258 cm³/mol. The summed E-state index contributed by atoms with van der Waals surface area (Å²) in [5.74, 6) is 0.0266. The van der Waals surface area contributed by atoms with Crippen LogP contribution in [0.3, 0.4) is 0 Å². The fraction of sp³-hybridized carbons (Fsp3) is 0.380. The van der Waals surface area contributed by atoms with E-state index in [2.05, 4.69) is 19.9 Å². The summed E-state index contributed by atoms with van der Waals surface area (Å²) < 4.78 is 91.9. The van der Waals surface area contributed by atoms with Crippen molar-refractivity contribution in [2.45, 2.75) is 97.1 Å². The van der Waals surface area contributed by atoms with E-state index in [1.54, 1.807) is 115 Å². The zero-order valence-electron chi connectivity index (χ0n) is 40.7. The number of methoxy groups -OCH3 is 2. The Morgan fingerprint density at radius 3 is 1.93 bits per heavy atom. The number of amides is 2. The highest BCUT2D eigenvalue weighted by molar-refractivity contribution is 7.98. The van der Waals surface area contributed by atoms with E-state index < -0.39 is 63.9 Å². The summed E-state index contributed by atoms with van der Waals surface area (Å²) in [6.07, 6.45) is -3.99. The largest absolute Gasteiger partial charge is 0.497 e. The minimum Gasteiger partial charge on any atom is -0.497 e. The second kappa shape index (κ2) is 20.2. The van der Waals surface area contributed by atoms with Crippen LogP contribution < -0.4 is 28.9 Å². The van der Waals surface area contributed by atoms with Crippen LogP contribution in [0.5, 0.6) is 17.4 Å². The molecule has 0 spiro atoms. The van der Waals surface area contributed by atoms with E-state index in [4.69, 9.17) is 28.7 Å². The Morgan fingerprint density at radius 2 is 1.41 bits per heavy atom. The fourth-order valence-corrected chi connectivity index (χ4v) is 8.21. The average Bonchev–Trinajstić information content (AvgIpc) is 3.47. The van der Waals surface area contributed by atoms with Crippen molar-refractivity contribution in [1.82, 2.24) is 24.9 Å². The molecule has 0 bridgehead atoms. The maximum atomic E-state index is 17.7. The first-order valence-electron chi connectivity index (χ1n) is 22.2. The van der Waals surface area contributed by atoms with Gasteiger partial charge < -0.3 is 33.5 Å². The second-order valence-electron chi connectivity index (χ2n) is 18.3. The quantitative estimate of drug-likeness (QED) is 0.0648. The van der Waals surface area contributed by atoms with Crippen LogP contribution in [0.2, 0.25) is 0 Å². The van der Waals surface area contributed by atoms with Crippen molar-refractivity contribution >= 4 is 52.3 Å². The van der Waals surface area contributed by atoms with Crippen LogP contribution in [0, 0.1) is 12.7 Å². The van der Waals surface area contributed by atoms with Gasteiger partial charge in [-0.05, 0) is 109 Å². The molecule has 1 aliphatic heterocycles. The third-order valence-electron chi connectivity index (χ3n) is 11.0. The summed E-state index contributed by atoms with van der Waals surface area (Å²) in [5, 5.41) is 0.0807. The number of thioether (sulfide) groups is 1. The highest BCUT2D eigenvalue weighted by atomic mass is 32.2. The molecule has 0 saturated carbocycles. The molecule has 0 saturated heterocycles. The Labute approximate surface area is 407 Å². The maximum Gasteiger partial charge on any atom is 0.425 e. The third-order valence-corrected chi connectivity index (χ3v) is 11.5. The van der Waals surface area contributed by atoms with Crippen molar-refractivity contribution in [2.24, 2.45) is 0 Å². The molecule has 15 nitrogen and oxygen atoms in total. The third kappa shape index (κ3) is 11.2. The molecule has 1 atom stereocenters. The molecule has 20 heteroatoms. The van der Waals surface area contributed by atoms with Gasteiger partial charge in [0.15, 0.2) is 16.8 Å². The smallest absolute Gasteiger partial charge is 0.425 e. The van der Waals surface area contributed by atoms with Gasteiger partial charge in [0.1, 0.15) is 57.5 Å². The van der Waals surface area contributed by atoms with Gasteiger partial charge in [0.2, 0.25) is 5.88 Å². The van der Waals surface area contributed by atoms with E-state index in [-0.39, 0.29) is 65.6 Å². The Hall–Kier alpha value is -6.96. The first-order valence-corrected chi connectivity index (χ1v) is 23.4. The average molecular weight is 987 g/mol. The summed E-state index contributed by atoms with van der Waals surface area (Å²) in [7, 11) is 3.09. The molecule has 7 rings (SSSR count). The van der Waals surface area contributed by atoms with Gasteiger partial charge in [-0.25, -0.2) is 38.9 Å². The highest BCUT2D eigenvalue weighted by Gasteiger charge is 2.41. The molecule has 0 N–H and O–H groups in total. The van der Waals surface area contributed by atoms with Gasteiger partial charge in [-0.3, -0.25) is 0 Å². The molecular weight excluding hydrogens is 933 g/mol. The van der Waals surface area contributed by atoms with E-state index in [0.717, 1.165) is 27.8 Å². The molecule has 4 aromatic heterocycles. The van der Waals surface area contributed by atoms with Crippen molar-refractivity contribution < 1.29 is 50.8 Å². The molecule has 0 aliphatic carbocycles. The van der Waals surface area contributed by atoms with Crippen LogP contribution in [0.1, 0.15) is 82.5 Å². The van der Waals surface area contributed by atoms with Gasteiger partial charge in [-0.2, -0.15) is 18.1 Å². The Balaban J connectivity index is 1.39. The molecule has 70 heavy (non-hydrogen) atoms. The second-order valence-corrected chi connectivity index (χ2v) is 19.1. The van der Waals surface area contributed by atoms with Crippen molar-refractivity contribution in [2.75, 3.05) is 48.3 Å². The van der Waals surface area contributed by atoms with Crippen LogP contribution in [-0.2, 0) is 28.7 Å². The SMILES string of the molecule is COc1ccc(CN(Cc2ccc(OC)cc2)c2cc(-c3nc4c5c(nc(SC)nc5c3F)N([C@H](C)c3cccnc3N(C(=O)OC(C)(C)C)C(=O)OC(C)(C)C)CCO4)c(C(F)(F)F)c(C)n2)cc1. The fourth-order valence-electron chi connectivity index (χ4n) is 7.85. The van der Waals surface area contributed by atoms with Gasteiger partial charge in [0.25, 0.3) is 0 Å². The molecule has 5 heterocycles. The van der Waals surface area contributed by atoms with E-state index >= 15 is 17.6 Å². The van der Waals surface area contributed by atoms with E-state index in [1.165, 1.54) is 19.2 Å². The summed E-state index contributed by atoms with van der Waals surface area (Å²) >= 11 is 1.09. The number of aromatic nitrogens is 5. The van der Waals surface area contributed by atoms with E-state index in [0.29, 0.717) is 17.1 Å². The molecular formula is C50H54F4N8O7S. The lowest BCUT2D eigenvalue weighted by atomic mass is 10.0. The number of carbonyl (C=O) groups is 2. The summed E-state index contributed by atoms with van der Waals surface area (Å²) in [6.45, 7) is 13.3. The highest BCUT2D eigenvalue weighted by Crippen LogP contribution is 2.46. The van der Waals surface area contributed by atoms with Gasteiger partial charge in [-0.1, -0.05) is 42.1 Å². The van der Waals surface area contributed by atoms with Gasteiger partial charge in [0, 0.05) is 30.4 Å². The molecule has 2 aromatic carbocycles.